The molecular formula is C18H23N4OS+. The van der Waals surface area contributed by atoms with E-state index in [0.29, 0.717) is 0 Å². The number of benzene rings is 1. The van der Waals surface area contributed by atoms with Crippen LogP contribution in [-0.4, -0.2) is 32.8 Å². The summed E-state index contributed by atoms with van der Waals surface area (Å²) in [4.78, 5) is 7.84. The van der Waals surface area contributed by atoms with E-state index in [1.807, 2.05) is 13.0 Å². The summed E-state index contributed by atoms with van der Waals surface area (Å²) in [6.45, 7) is 4.32. The van der Waals surface area contributed by atoms with Crippen molar-refractivity contribution in [3.8, 4) is 5.88 Å². The third kappa shape index (κ3) is 2.70. The van der Waals surface area contributed by atoms with Crippen LogP contribution in [0.25, 0.3) is 4.96 Å². The predicted octanol–water partition coefficient (Wildman–Crippen LogP) is 2.22. The van der Waals surface area contributed by atoms with Gasteiger partial charge < -0.3 is 10.0 Å². The van der Waals surface area contributed by atoms with Crippen molar-refractivity contribution < 1.29 is 10.0 Å². The zero-order chi connectivity index (χ0) is 16.5. The van der Waals surface area contributed by atoms with Crippen LogP contribution in [0.4, 0.5) is 0 Å². The molecule has 1 fully saturated rings. The van der Waals surface area contributed by atoms with E-state index >= 15 is 0 Å². The maximum atomic E-state index is 10.8. The number of hydrogen-bond donors (Lipinski definition) is 2. The van der Waals surface area contributed by atoms with E-state index in [0.717, 1.165) is 35.2 Å². The smallest absolute Gasteiger partial charge is 0.235 e. The molecule has 0 aliphatic carbocycles. The van der Waals surface area contributed by atoms with Crippen LogP contribution in [0, 0.1) is 0 Å². The van der Waals surface area contributed by atoms with Crippen LogP contribution in [-0.2, 0) is 6.42 Å². The van der Waals surface area contributed by atoms with E-state index in [2.05, 4.69) is 34.3 Å². The van der Waals surface area contributed by atoms with Crippen molar-refractivity contribution in [1.82, 2.24) is 14.6 Å². The summed E-state index contributed by atoms with van der Waals surface area (Å²) in [5.74, 6) is 1.04. The molecule has 3 aromatic rings. The van der Waals surface area contributed by atoms with Gasteiger partial charge in [-0.05, 0) is 19.3 Å². The molecule has 1 aliphatic rings. The van der Waals surface area contributed by atoms with E-state index in [1.54, 1.807) is 15.9 Å². The number of nitrogens with zero attached hydrogens (tertiary/aromatic N) is 3. The van der Waals surface area contributed by atoms with Crippen molar-refractivity contribution in [3.63, 3.8) is 0 Å². The van der Waals surface area contributed by atoms with Gasteiger partial charge in [-0.3, -0.25) is 0 Å². The number of quaternary nitrogens is 1. The molecule has 1 atom stereocenters. The molecule has 0 amide bonds. The second-order valence-electron chi connectivity index (χ2n) is 6.43. The Balaban J connectivity index is 1.80. The molecule has 0 spiro atoms. The molecule has 24 heavy (non-hydrogen) atoms. The highest BCUT2D eigenvalue weighted by atomic mass is 32.1. The number of thiazole rings is 1. The van der Waals surface area contributed by atoms with Gasteiger partial charge in [-0.1, -0.05) is 48.6 Å². The summed E-state index contributed by atoms with van der Waals surface area (Å²) in [7, 11) is 0. The average molecular weight is 343 g/mol. The van der Waals surface area contributed by atoms with Gasteiger partial charge in [0.15, 0.2) is 11.9 Å². The number of nitrogens with one attached hydrogen (secondary N) is 1. The fourth-order valence-corrected chi connectivity index (χ4v) is 4.80. The number of aryl methyl sites for hydroxylation is 1. The van der Waals surface area contributed by atoms with E-state index in [4.69, 9.17) is 0 Å². The molecule has 6 heteroatoms. The molecule has 1 aromatic carbocycles. The van der Waals surface area contributed by atoms with Gasteiger partial charge in [-0.2, -0.15) is 4.52 Å². The maximum Gasteiger partial charge on any atom is 0.235 e. The molecule has 5 nitrogen and oxygen atoms in total. The molecule has 3 heterocycles. The Kier molecular flexibility index (Phi) is 4.24. The first-order valence-electron chi connectivity index (χ1n) is 8.74. The summed E-state index contributed by atoms with van der Waals surface area (Å²) in [5.41, 5.74) is 1.25. The topological polar surface area (TPSA) is 54.9 Å². The first kappa shape index (κ1) is 15.6. The highest BCUT2D eigenvalue weighted by Crippen LogP contribution is 2.35. The Hall–Kier alpha value is -1.92. The van der Waals surface area contributed by atoms with Gasteiger partial charge in [0.2, 0.25) is 10.8 Å². The number of aromatic hydroxyl groups is 1. The van der Waals surface area contributed by atoms with Crippen molar-refractivity contribution in [2.45, 2.75) is 38.6 Å². The first-order chi connectivity index (χ1) is 11.8. The fraction of sp³-hybridized carbons (Fsp3) is 0.444. The van der Waals surface area contributed by atoms with Crippen LogP contribution in [0.2, 0.25) is 0 Å². The highest BCUT2D eigenvalue weighted by Gasteiger charge is 2.33. The van der Waals surface area contributed by atoms with Crippen LogP contribution in [0.1, 0.15) is 48.5 Å². The number of hydrogen-bond acceptors (Lipinski definition) is 4. The first-order valence-corrected chi connectivity index (χ1v) is 9.56. The molecule has 126 valence electrons. The van der Waals surface area contributed by atoms with Gasteiger partial charge in [-0.25, -0.2) is 4.98 Å². The average Bonchev–Trinajstić information content (AvgIpc) is 3.17. The monoisotopic (exact) mass is 343 g/mol. The number of likely N-dealkylation sites (tertiary alicyclic amines) is 1. The van der Waals surface area contributed by atoms with Crippen molar-refractivity contribution in [2.75, 3.05) is 13.1 Å². The van der Waals surface area contributed by atoms with Crippen LogP contribution < -0.4 is 4.90 Å². The Morgan fingerprint density at radius 3 is 2.62 bits per heavy atom. The summed E-state index contributed by atoms with van der Waals surface area (Å²) in [6.07, 6.45) is 4.59. The molecule has 0 bridgehead atoms. The minimum atomic E-state index is 0.157. The lowest BCUT2D eigenvalue weighted by atomic mass is 10.0. The Morgan fingerprint density at radius 1 is 1.21 bits per heavy atom. The zero-order valence-electron chi connectivity index (χ0n) is 13.9. The lowest BCUT2D eigenvalue weighted by Crippen LogP contribution is -3.13. The summed E-state index contributed by atoms with van der Waals surface area (Å²) in [6, 6.07) is 10.7. The number of aromatic nitrogens is 3. The van der Waals surface area contributed by atoms with E-state index in [-0.39, 0.29) is 11.9 Å². The largest absolute Gasteiger partial charge is 0.492 e. The molecule has 0 radical (unpaired) electrons. The van der Waals surface area contributed by atoms with Crippen LogP contribution >= 0.6 is 11.3 Å². The van der Waals surface area contributed by atoms with Gasteiger partial charge in [0.1, 0.15) is 4.88 Å². The lowest BCUT2D eigenvalue weighted by Gasteiger charge is -2.31. The Morgan fingerprint density at radius 2 is 1.96 bits per heavy atom. The summed E-state index contributed by atoms with van der Waals surface area (Å²) < 4.78 is 1.61. The quantitative estimate of drug-likeness (QED) is 0.764. The molecular weight excluding hydrogens is 320 g/mol. The molecule has 2 N–H and O–H groups in total. The Labute approximate surface area is 145 Å². The molecule has 1 aliphatic heterocycles. The number of rotatable bonds is 4. The summed E-state index contributed by atoms with van der Waals surface area (Å²) >= 11 is 1.58. The number of piperidine rings is 1. The lowest BCUT2D eigenvalue weighted by molar-refractivity contribution is -0.929. The second kappa shape index (κ2) is 6.53. The SMILES string of the molecule is CCc1nc2sc([C@H](c3ccccc3)[NH+]3CCCCC3)c(O)n2n1. The molecule has 4 rings (SSSR count). The van der Waals surface area contributed by atoms with Crippen LogP contribution in [0.3, 0.4) is 0 Å². The molecule has 1 saturated heterocycles. The van der Waals surface area contributed by atoms with Crippen molar-refractivity contribution >= 4 is 16.3 Å². The van der Waals surface area contributed by atoms with Gasteiger partial charge in [0.05, 0.1) is 13.1 Å². The van der Waals surface area contributed by atoms with Crippen LogP contribution in [0.15, 0.2) is 30.3 Å². The maximum absolute atomic E-state index is 10.8. The number of fused-ring (bicyclic) bond motifs is 1. The van der Waals surface area contributed by atoms with Crippen molar-refractivity contribution in [2.24, 2.45) is 0 Å². The van der Waals surface area contributed by atoms with Gasteiger partial charge in [0, 0.05) is 12.0 Å². The summed E-state index contributed by atoms with van der Waals surface area (Å²) in [5, 5.41) is 15.2. The van der Waals surface area contributed by atoms with Crippen molar-refractivity contribution in [1.29, 1.82) is 0 Å². The van der Waals surface area contributed by atoms with Crippen LogP contribution in [0.5, 0.6) is 5.88 Å². The third-order valence-corrected chi connectivity index (χ3v) is 5.94. The minimum absolute atomic E-state index is 0.157. The van der Waals surface area contributed by atoms with E-state index < -0.39 is 0 Å². The van der Waals surface area contributed by atoms with E-state index in [1.165, 1.54) is 29.7 Å². The van der Waals surface area contributed by atoms with Gasteiger partial charge >= 0.3 is 0 Å². The fourth-order valence-electron chi connectivity index (χ4n) is 3.64. The van der Waals surface area contributed by atoms with Gasteiger partial charge in [-0.15, -0.1) is 5.10 Å². The zero-order valence-corrected chi connectivity index (χ0v) is 14.7. The third-order valence-electron chi connectivity index (χ3n) is 4.86. The Bertz CT molecular complexity index is 820. The second-order valence-corrected chi connectivity index (χ2v) is 7.44. The standard InChI is InChI=1S/C18H22N4OS/c1-2-14-19-18-22(20-14)17(23)16(24-18)15(13-9-5-3-6-10-13)21-11-7-4-8-12-21/h3,5-6,9-10,15,23H,2,4,7-8,11-12H2,1H3/p+1/t15-/m0/s1. The normalized spacial score (nSPS) is 17.4. The molecule has 0 unspecified atom stereocenters. The predicted molar refractivity (Wildman–Crippen MR) is 94.7 cm³/mol. The highest BCUT2D eigenvalue weighted by molar-refractivity contribution is 7.17. The van der Waals surface area contributed by atoms with Gasteiger partial charge in [0.25, 0.3) is 0 Å². The molecule has 2 aromatic heterocycles. The minimum Gasteiger partial charge on any atom is -0.492 e. The van der Waals surface area contributed by atoms with Crippen molar-refractivity contribution in [3.05, 3.63) is 46.6 Å². The molecule has 0 saturated carbocycles. The van der Waals surface area contributed by atoms with E-state index in [9.17, 15) is 5.11 Å².